The van der Waals surface area contributed by atoms with Crippen molar-refractivity contribution in [2.24, 2.45) is 0 Å². The third-order valence-electron chi connectivity index (χ3n) is 4.78. The normalized spacial score (nSPS) is 11.8. The summed E-state index contributed by atoms with van der Waals surface area (Å²) in [6, 6.07) is 5.78. The number of anilines is 2. The van der Waals surface area contributed by atoms with E-state index in [-0.39, 0.29) is 31.0 Å². The Balaban J connectivity index is 2.34. The number of aliphatic hydroxyl groups excluding tert-OH is 1. The van der Waals surface area contributed by atoms with Crippen LogP contribution in [0.3, 0.4) is 0 Å². The molecule has 164 valence electrons. The summed E-state index contributed by atoms with van der Waals surface area (Å²) in [6.07, 6.45) is 2.22. The summed E-state index contributed by atoms with van der Waals surface area (Å²) in [5.41, 5.74) is 9.34. The maximum absolute atomic E-state index is 11.9. The molecule has 0 aliphatic rings. The fourth-order valence-electron chi connectivity index (χ4n) is 3.30. The number of nitrogens with zero attached hydrogens (tertiary/aromatic N) is 2. The number of nitrogens with two attached hydrogens (primary N) is 1. The highest BCUT2D eigenvalue weighted by molar-refractivity contribution is 5.72. The molecule has 8 heteroatoms. The van der Waals surface area contributed by atoms with Crippen LogP contribution in [0, 0.1) is 6.92 Å². The van der Waals surface area contributed by atoms with Gasteiger partial charge in [0.05, 0.1) is 20.1 Å². The minimum Gasteiger partial charge on any atom is -0.496 e. The second kappa shape index (κ2) is 11.3. The highest BCUT2D eigenvalue weighted by Crippen LogP contribution is 2.28. The third kappa shape index (κ3) is 6.59. The Morgan fingerprint density at radius 2 is 2.10 bits per heavy atom. The van der Waals surface area contributed by atoms with Crippen LogP contribution in [0.25, 0.3) is 0 Å². The van der Waals surface area contributed by atoms with Crippen LogP contribution in [-0.4, -0.2) is 47.4 Å². The topological polar surface area (TPSA) is 120 Å². The number of rotatable bonds is 11. The lowest BCUT2D eigenvalue weighted by Gasteiger charge is -2.19. The molecule has 4 N–H and O–H groups in total. The summed E-state index contributed by atoms with van der Waals surface area (Å²) in [7, 11) is 1.62. The van der Waals surface area contributed by atoms with Gasteiger partial charge in [0.1, 0.15) is 11.6 Å². The van der Waals surface area contributed by atoms with Crippen LogP contribution in [0.4, 0.5) is 11.8 Å². The highest BCUT2D eigenvalue weighted by Gasteiger charge is 2.17. The molecule has 0 bridgehead atoms. The first kappa shape index (κ1) is 23.4. The van der Waals surface area contributed by atoms with E-state index >= 15 is 0 Å². The molecule has 2 aromatic rings. The number of esters is 1. The van der Waals surface area contributed by atoms with E-state index in [1.54, 1.807) is 14.0 Å². The first-order valence-corrected chi connectivity index (χ1v) is 10.2. The van der Waals surface area contributed by atoms with E-state index in [4.69, 9.17) is 20.3 Å². The van der Waals surface area contributed by atoms with E-state index in [9.17, 15) is 4.79 Å². The Morgan fingerprint density at radius 1 is 1.33 bits per heavy atom. The fraction of sp³-hybridized carbons (Fsp3) is 0.500. The SMILES string of the molecule is CCOC(=O)Cc1ccc(OC)c(Cc2c(C)nc(N)nc2NC(C)CCCO)c1. The Morgan fingerprint density at radius 3 is 2.77 bits per heavy atom. The summed E-state index contributed by atoms with van der Waals surface area (Å²) in [5.74, 6) is 1.33. The lowest BCUT2D eigenvalue weighted by molar-refractivity contribution is -0.142. The largest absolute Gasteiger partial charge is 0.496 e. The summed E-state index contributed by atoms with van der Waals surface area (Å²) in [4.78, 5) is 20.6. The predicted molar refractivity (Wildman–Crippen MR) is 117 cm³/mol. The van der Waals surface area contributed by atoms with Crippen molar-refractivity contribution >= 4 is 17.7 Å². The van der Waals surface area contributed by atoms with Gasteiger partial charge in [-0.1, -0.05) is 12.1 Å². The van der Waals surface area contributed by atoms with Crippen molar-refractivity contribution in [3.05, 3.63) is 40.6 Å². The molecule has 8 nitrogen and oxygen atoms in total. The first-order chi connectivity index (χ1) is 14.4. The number of aliphatic hydroxyl groups is 1. The second-order valence-corrected chi connectivity index (χ2v) is 7.21. The molecular formula is C22H32N4O4. The third-order valence-corrected chi connectivity index (χ3v) is 4.78. The number of nitrogen functional groups attached to an aromatic ring is 1. The molecule has 0 aliphatic carbocycles. The van der Waals surface area contributed by atoms with Crippen molar-refractivity contribution in [3.63, 3.8) is 0 Å². The number of methoxy groups -OCH3 is 1. The van der Waals surface area contributed by atoms with Crippen molar-refractivity contribution in [2.45, 2.75) is 52.5 Å². The van der Waals surface area contributed by atoms with E-state index < -0.39 is 0 Å². The average Bonchev–Trinajstić information content (AvgIpc) is 2.69. The van der Waals surface area contributed by atoms with Gasteiger partial charge >= 0.3 is 5.97 Å². The smallest absolute Gasteiger partial charge is 0.310 e. The number of aromatic nitrogens is 2. The second-order valence-electron chi connectivity index (χ2n) is 7.21. The lowest BCUT2D eigenvalue weighted by Crippen LogP contribution is -2.19. The van der Waals surface area contributed by atoms with Crippen molar-refractivity contribution in [3.8, 4) is 5.75 Å². The van der Waals surface area contributed by atoms with Crippen LogP contribution in [0.1, 0.15) is 49.1 Å². The molecule has 0 saturated carbocycles. The molecule has 0 aliphatic heterocycles. The number of benzene rings is 1. The molecule has 1 aromatic carbocycles. The van der Waals surface area contributed by atoms with Gasteiger partial charge in [-0.2, -0.15) is 4.98 Å². The van der Waals surface area contributed by atoms with Crippen LogP contribution in [0.2, 0.25) is 0 Å². The Kier molecular flexibility index (Phi) is 8.86. The van der Waals surface area contributed by atoms with E-state index in [1.807, 2.05) is 32.0 Å². The number of carbonyl (C=O) groups excluding carboxylic acids is 1. The summed E-state index contributed by atoms with van der Waals surface area (Å²) >= 11 is 0. The van der Waals surface area contributed by atoms with E-state index in [1.165, 1.54) is 0 Å². The van der Waals surface area contributed by atoms with Gasteiger partial charge in [-0.25, -0.2) is 4.98 Å². The summed E-state index contributed by atoms with van der Waals surface area (Å²) < 4.78 is 10.6. The van der Waals surface area contributed by atoms with Gasteiger partial charge in [-0.3, -0.25) is 4.79 Å². The Bertz CT molecular complexity index is 857. The predicted octanol–water partition coefficient (Wildman–Crippen LogP) is 2.65. The highest BCUT2D eigenvalue weighted by atomic mass is 16.5. The van der Waals surface area contributed by atoms with Crippen molar-refractivity contribution in [1.82, 2.24) is 9.97 Å². The molecule has 1 unspecified atom stereocenters. The number of hydrogen-bond acceptors (Lipinski definition) is 8. The zero-order chi connectivity index (χ0) is 22.1. The standard InChI is InChI=1S/C22H32N4O4/c1-5-30-20(28)12-16-8-9-19(29-4)17(11-16)13-18-15(3)25-22(23)26-21(18)24-14(2)7-6-10-27/h8-9,11,14,27H,5-7,10,12-13H2,1-4H3,(H3,23,24,25,26). The minimum absolute atomic E-state index is 0.113. The monoisotopic (exact) mass is 416 g/mol. The summed E-state index contributed by atoms with van der Waals surface area (Å²) in [5, 5.41) is 12.5. The van der Waals surface area contributed by atoms with Crippen molar-refractivity contribution < 1.29 is 19.4 Å². The van der Waals surface area contributed by atoms with E-state index in [0.29, 0.717) is 25.3 Å². The fourth-order valence-corrected chi connectivity index (χ4v) is 3.30. The molecule has 2 rings (SSSR count). The van der Waals surface area contributed by atoms with Crippen molar-refractivity contribution in [2.75, 3.05) is 31.4 Å². The van der Waals surface area contributed by atoms with Crippen LogP contribution >= 0.6 is 0 Å². The molecule has 0 fully saturated rings. The van der Waals surface area contributed by atoms with Crippen molar-refractivity contribution in [1.29, 1.82) is 0 Å². The molecule has 0 saturated heterocycles. The van der Waals surface area contributed by atoms with Gasteiger partial charge in [-0.05, 0) is 50.8 Å². The first-order valence-electron chi connectivity index (χ1n) is 10.2. The van der Waals surface area contributed by atoms with Crippen LogP contribution in [0.5, 0.6) is 5.75 Å². The van der Waals surface area contributed by atoms with Gasteiger partial charge < -0.3 is 25.6 Å². The zero-order valence-electron chi connectivity index (χ0n) is 18.2. The van der Waals surface area contributed by atoms with E-state index in [2.05, 4.69) is 15.3 Å². The molecule has 0 amide bonds. The number of hydrogen-bond donors (Lipinski definition) is 3. The van der Waals surface area contributed by atoms with E-state index in [0.717, 1.165) is 34.6 Å². The molecule has 1 atom stereocenters. The number of nitrogens with one attached hydrogen (secondary N) is 1. The average molecular weight is 417 g/mol. The van der Waals surface area contributed by atoms with Gasteiger partial charge in [0, 0.05) is 30.3 Å². The number of carbonyl (C=O) groups is 1. The minimum atomic E-state index is -0.263. The molecule has 1 heterocycles. The number of ether oxygens (including phenoxy) is 2. The molecule has 1 aromatic heterocycles. The van der Waals surface area contributed by atoms with Gasteiger partial charge in [0.2, 0.25) is 5.95 Å². The van der Waals surface area contributed by atoms with Gasteiger partial charge in [0.15, 0.2) is 0 Å². The molecular weight excluding hydrogens is 384 g/mol. The number of aryl methyl sites for hydroxylation is 1. The Hall–Kier alpha value is -2.87. The quantitative estimate of drug-likeness (QED) is 0.478. The Labute approximate surface area is 177 Å². The molecule has 0 radical (unpaired) electrons. The lowest BCUT2D eigenvalue weighted by atomic mass is 9.99. The van der Waals surface area contributed by atoms with Crippen LogP contribution in [-0.2, 0) is 22.4 Å². The zero-order valence-corrected chi connectivity index (χ0v) is 18.2. The maximum Gasteiger partial charge on any atom is 0.310 e. The molecule has 30 heavy (non-hydrogen) atoms. The van der Waals surface area contributed by atoms with Crippen LogP contribution < -0.4 is 15.8 Å². The summed E-state index contributed by atoms with van der Waals surface area (Å²) in [6.45, 7) is 6.22. The van der Waals surface area contributed by atoms with Gasteiger partial charge in [-0.15, -0.1) is 0 Å². The maximum atomic E-state index is 11.9. The molecule has 0 spiro atoms. The van der Waals surface area contributed by atoms with Gasteiger partial charge in [0.25, 0.3) is 0 Å². The van der Waals surface area contributed by atoms with Crippen LogP contribution in [0.15, 0.2) is 18.2 Å².